The molecule has 0 fully saturated rings. The van der Waals surface area contributed by atoms with Gasteiger partial charge in [-0.2, -0.15) is 0 Å². The molecule has 0 unspecified atom stereocenters. The largest absolute Gasteiger partial charge is 0.495 e. The minimum Gasteiger partial charge on any atom is -0.495 e. The Labute approximate surface area is 115 Å². The second-order valence-corrected chi connectivity index (χ2v) is 5.09. The third kappa shape index (κ3) is 2.59. The molecule has 0 amide bonds. The molecule has 1 aliphatic heterocycles. The molecule has 1 aromatic carbocycles. The van der Waals surface area contributed by atoms with Crippen molar-refractivity contribution < 1.29 is 9.47 Å². The standard InChI is InChI=1S/C12H13ClN4O2/c1-12(2)6-19-11(15-12)7-4-5-8(13)10(18-3)9(7)16-17-14/h4-5H,6H2,1-3H3. The molecular formula is C12H13ClN4O2. The molecular weight excluding hydrogens is 268 g/mol. The zero-order valence-electron chi connectivity index (χ0n) is 10.8. The fourth-order valence-electron chi connectivity index (χ4n) is 1.78. The van der Waals surface area contributed by atoms with E-state index in [1.807, 2.05) is 13.8 Å². The quantitative estimate of drug-likeness (QED) is 0.479. The van der Waals surface area contributed by atoms with Crippen molar-refractivity contribution in [1.29, 1.82) is 0 Å². The van der Waals surface area contributed by atoms with Crippen LogP contribution in [0.5, 0.6) is 5.75 Å². The summed E-state index contributed by atoms with van der Waals surface area (Å²) in [5.41, 5.74) is 9.24. The lowest BCUT2D eigenvalue weighted by molar-refractivity contribution is 0.279. The molecule has 0 spiro atoms. The molecule has 0 radical (unpaired) electrons. The Bertz CT molecular complexity index is 592. The summed E-state index contributed by atoms with van der Waals surface area (Å²) in [6.07, 6.45) is 0. The van der Waals surface area contributed by atoms with Crippen LogP contribution in [-0.4, -0.2) is 25.2 Å². The molecule has 19 heavy (non-hydrogen) atoms. The smallest absolute Gasteiger partial charge is 0.217 e. The number of ether oxygens (including phenoxy) is 2. The highest BCUT2D eigenvalue weighted by Crippen LogP contribution is 2.39. The predicted octanol–water partition coefficient (Wildman–Crippen LogP) is 3.85. The lowest BCUT2D eigenvalue weighted by atomic mass is 10.1. The van der Waals surface area contributed by atoms with Crippen molar-refractivity contribution in [3.8, 4) is 5.75 Å². The summed E-state index contributed by atoms with van der Waals surface area (Å²) in [7, 11) is 1.46. The lowest BCUT2D eigenvalue weighted by Crippen LogP contribution is -2.17. The fraction of sp³-hybridized carbons (Fsp3) is 0.417. The Balaban J connectivity index is 2.61. The van der Waals surface area contributed by atoms with Gasteiger partial charge in [0.1, 0.15) is 12.4 Å². The van der Waals surface area contributed by atoms with Crippen LogP contribution in [0.25, 0.3) is 10.4 Å². The van der Waals surface area contributed by atoms with Gasteiger partial charge in [-0.05, 0) is 31.5 Å². The third-order valence-electron chi connectivity index (χ3n) is 2.63. The van der Waals surface area contributed by atoms with Crippen molar-refractivity contribution in [3.63, 3.8) is 0 Å². The maximum Gasteiger partial charge on any atom is 0.217 e. The highest BCUT2D eigenvalue weighted by atomic mass is 35.5. The SMILES string of the molecule is COc1c(Cl)ccc(C2=NC(C)(C)CO2)c1N=[N+]=[N-]. The minimum atomic E-state index is -0.296. The number of azide groups is 1. The molecule has 1 heterocycles. The van der Waals surface area contributed by atoms with Crippen molar-refractivity contribution in [2.45, 2.75) is 19.4 Å². The number of aliphatic imine (C=N–C) groups is 1. The molecule has 0 N–H and O–H groups in total. The van der Waals surface area contributed by atoms with E-state index in [0.29, 0.717) is 28.8 Å². The summed E-state index contributed by atoms with van der Waals surface area (Å²) >= 11 is 6.01. The number of methoxy groups -OCH3 is 1. The van der Waals surface area contributed by atoms with Gasteiger partial charge in [0.15, 0.2) is 0 Å². The Morgan fingerprint density at radius 3 is 2.79 bits per heavy atom. The van der Waals surface area contributed by atoms with Crippen molar-refractivity contribution in [1.82, 2.24) is 0 Å². The van der Waals surface area contributed by atoms with E-state index in [-0.39, 0.29) is 11.2 Å². The summed E-state index contributed by atoms with van der Waals surface area (Å²) in [4.78, 5) is 7.25. The zero-order valence-corrected chi connectivity index (χ0v) is 11.6. The molecule has 2 rings (SSSR count). The maximum absolute atomic E-state index is 8.68. The fourth-order valence-corrected chi connectivity index (χ4v) is 2.01. The molecule has 100 valence electrons. The topological polar surface area (TPSA) is 79.6 Å². The first-order valence-electron chi connectivity index (χ1n) is 5.63. The zero-order chi connectivity index (χ0) is 14.0. The van der Waals surface area contributed by atoms with Gasteiger partial charge >= 0.3 is 0 Å². The van der Waals surface area contributed by atoms with E-state index in [1.54, 1.807) is 12.1 Å². The van der Waals surface area contributed by atoms with E-state index in [4.69, 9.17) is 26.6 Å². The van der Waals surface area contributed by atoms with Crippen LogP contribution in [0, 0.1) is 0 Å². The Morgan fingerprint density at radius 2 is 2.26 bits per heavy atom. The van der Waals surface area contributed by atoms with Gasteiger partial charge in [0.05, 0.1) is 23.4 Å². The van der Waals surface area contributed by atoms with Crippen LogP contribution in [0.2, 0.25) is 5.02 Å². The number of hydrogen-bond donors (Lipinski definition) is 0. The normalized spacial score (nSPS) is 16.3. The van der Waals surface area contributed by atoms with Gasteiger partial charge in [-0.15, -0.1) is 0 Å². The second kappa shape index (κ2) is 4.99. The minimum absolute atomic E-state index is 0.286. The van der Waals surface area contributed by atoms with E-state index in [0.717, 1.165) is 0 Å². The predicted molar refractivity (Wildman–Crippen MR) is 73.4 cm³/mol. The average molecular weight is 281 g/mol. The van der Waals surface area contributed by atoms with E-state index in [2.05, 4.69) is 15.0 Å². The van der Waals surface area contributed by atoms with Gasteiger partial charge in [-0.25, -0.2) is 4.99 Å². The first kappa shape index (κ1) is 13.5. The molecule has 7 heteroatoms. The van der Waals surface area contributed by atoms with Crippen LogP contribution in [0.15, 0.2) is 22.2 Å². The van der Waals surface area contributed by atoms with Crippen LogP contribution in [0.1, 0.15) is 19.4 Å². The van der Waals surface area contributed by atoms with Crippen LogP contribution >= 0.6 is 11.6 Å². The number of rotatable bonds is 3. The van der Waals surface area contributed by atoms with E-state index in [1.165, 1.54) is 7.11 Å². The van der Waals surface area contributed by atoms with Gasteiger partial charge < -0.3 is 9.47 Å². The second-order valence-electron chi connectivity index (χ2n) is 4.68. The lowest BCUT2D eigenvalue weighted by Gasteiger charge is -2.11. The van der Waals surface area contributed by atoms with Crippen LogP contribution in [0.3, 0.4) is 0 Å². The van der Waals surface area contributed by atoms with Crippen LogP contribution < -0.4 is 4.74 Å². The van der Waals surface area contributed by atoms with Crippen molar-refractivity contribution in [3.05, 3.63) is 33.2 Å². The highest BCUT2D eigenvalue weighted by molar-refractivity contribution is 6.32. The molecule has 0 aromatic heterocycles. The van der Waals surface area contributed by atoms with Crippen LogP contribution in [-0.2, 0) is 4.74 Å². The summed E-state index contributed by atoms with van der Waals surface area (Å²) in [6, 6.07) is 3.36. The highest BCUT2D eigenvalue weighted by Gasteiger charge is 2.29. The van der Waals surface area contributed by atoms with Gasteiger partial charge in [-0.1, -0.05) is 16.7 Å². The molecule has 6 nitrogen and oxygen atoms in total. The van der Waals surface area contributed by atoms with Gasteiger partial charge in [0, 0.05) is 10.5 Å². The first-order valence-corrected chi connectivity index (χ1v) is 6.01. The summed E-state index contributed by atoms with van der Waals surface area (Å²) in [6.45, 7) is 4.39. The molecule has 0 saturated heterocycles. The van der Waals surface area contributed by atoms with E-state index >= 15 is 0 Å². The third-order valence-corrected chi connectivity index (χ3v) is 2.93. The van der Waals surface area contributed by atoms with Crippen molar-refractivity contribution >= 4 is 23.2 Å². The van der Waals surface area contributed by atoms with Gasteiger partial charge in [0.2, 0.25) is 5.90 Å². The molecule has 1 aliphatic rings. The van der Waals surface area contributed by atoms with Gasteiger partial charge in [-0.3, -0.25) is 0 Å². The molecule has 0 atom stereocenters. The molecule has 0 saturated carbocycles. The summed E-state index contributed by atoms with van der Waals surface area (Å²) in [5, 5.41) is 4.01. The monoisotopic (exact) mass is 280 g/mol. The van der Waals surface area contributed by atoms with E-state index in [9.17, 15) is 0 Å². The Morgan fingerprint density at radius 1 is 1.53 bits per heavy atom. The maximum atomic E-state index is 8.68. The van der Waals surface area contributed by atoms with Crippen LogP contribution in [0.4, 0.5) is 5.69 Å². The van der Waals surface area contributed by atoms with E-state index < -0.39 is 0 Å². The first-order chi connectivity index (χ1) is 8.98. The molecule has 0 bridgehead atoms. The average Bonchev–Trinajstić information content (AvgIpc) is 2.70. The number of halogens is 1. The number of benzene rings is 1. The van der Waals surface area contributed by atoms with Crippen molar-refractivity contribution in [2.75, 3.05) is 13.7 Å². The van der Waals surface area contributed by atoms with Crippen molar-refractivity contribution in [2.24, 2.45) is 10.1 Å². The molecule has 1 aromatic rings. The molecule has 0 aliphatic carbocycles. The Kier molecular flexibility index (Phi) is 3.55. The summed E-state index contributed by atoms with van der Waals surface area (Å²) < 4.78 is 10.7. The number of hydrogen-bond acceptors (Lipinski definition) is 4. The Hall–Kier alpha value is -1.91. The number of nitrogens with zero attached hydrogens (tertiary/aromatic N) is 4. The summed E-state index contributed by atoms with van der Waals surface area (Å²) in [5.74, 6) is 0.746. The van der Waals surface area contributed by atoms with Gasteiger partial charge in [0.25, 0.3) is 0 Å².